The Morgan fingerprint density at radius 2 is 1.90 bits per heavy atom. The van der Waals surface area contributed by atoms with Crippen LogP contribution in [-0.2, 0) is 20.8 Å². The van der Waals surface area contributed by atoms with Gasteiger partial charge >= 0.3 is 0 Å². The number of aliphatic imine (C=N–C) groups is 1. The molecule has 3 rings (SSSR count). The van der Waals surface area contributed by atoms with Gasteiger partial charge in [0, 0.05) is 44.9 Å². The van der Waals surface area contributed by atoms with Crippen LogP contribution in [0.15, 0.2) is 23.2 Å². The highest BCUT2D eigenvalue weighted by molar-refractivity contribution is 5.79. The van der Waals surface area contributed by atoms with Gasteiger partial charge in [0.25, 0.3) is 0 Å². The smallest absolute Gasteiger partial charge is 0.191 e. The molecule has 30 heavy (non-hydrogen) atoms. The van der Waals surface area contributed by atoms with Gasteiger partial charge < -0.3 is 29.6 Å². The molecule has 0 bridgehead atoms. The number of hydrogen-bond acceptors (Lipinski definition) is 5. The summed E-state index contributed by atoms with van der Waals surface area (Å²) in [5.74, 6) is 1.73. The second-order valence-electron chi connectivity index (χ2n) is 7.87. The zero-order chi connectivity index (χ0) is 21.0. The van der Waals surface area contributed by atoms with Crippen molar-refractivity contribution in [2.24, 2.45) is 4.99 Å². The zero-order valence-corrected chi connectivity index (χ0v) is 18.5. The van der Waals surface area contributed by atoms with Crippen molar-refractivity contribution in [1.29, 1.82) is 0 Å². The molecule has 0 aromatic heterocycles. The maximum atomic E-state index is 6.19. The van der Waals surface area contributed by atoms with Crippen LogP contribution in [0, 0.1) is 6.92 Å². The minimum atomic E-state index is 0.136. The Labute approximate surface area is 180 Å². The molecule has 168 valence electrons. The summed E-state index contributed by atoms with van der Waals surface area (Å²) in [7, 11) is 0. The Morgan fingerprint density at radius 1 is 1.10 bits per heavy atom. The summed E-state index contributed by atoms with van der Waals surface area (Å²) < 4.78 is 22.9. The van der Waals surface area contributed by atoms with Crippen LogP contribution in [0.4, 0.5) is 0 Å². The van der Waals surface area contributed by atoms with Crippen molar-refractivity contribution in [1.82, 2.24) is 10.6 Å². The van der Waals surface area contributed by atoms with E-state index in [-0.39, 0.29) is 6.10 Å². The van der Waals surface area contributed by atoms with Crippen molar-refractivity contribution in [2.75, 3.05) is 46.1 Å². The van der Waals surface area contributed by atoms with Gasteiger partial charge in [-0.25, -0.2) is 4.99 Å². The predicted octanol–water partition coefficient (Wildman–Crippen LogP) is 2.80. The SMILES string of the molecule is CCNC(=NCc1ccc(C)cc1OC1CCOC1)NCCCOC1CCOCC1. The van der Waals surface area contributed by atoms with Crippen molar-refractivity contribution in [2.45, 2.75) is 58.3 Å². The number of hydrogen-bond donors (Lipinski definition) is 2. The van der Waals surface area contributed by atoms with Crippen LogP contribution < -0.4 is 15.4 Å². The van der Waals surface area contributed by atoms with E-state index < -0.39 is 0 Å². The van der Waals surface area contributed by atoms with Crippen molar-refractivity contribution >= 4 is 5.96 Å². The van der Waals surface area contributed by atoms with E-state index >= 15 is 0 Å². The van der Waals surface area contributed by atoms with Crippen LogP contribution in [0.2, 0.25) is 0 Å². The van der Waals surface area contributed by atoms with Crippen LogP contribution in [-0.4, -0.2) is 64.3 Å². The van der Waals surface area contributed by atoms with E-state index in [0.29, 0.717) is 19.3 Å². The Morgan fingerprint density at radius 3 is 2.67 bits per heavy atom. The molecule has 1 atom stereocenters. The molecule has 0 spiro atoms. The van der Waals surface area contributed by atoms with Gasteiger partial charge in [-0.15, -0.1) is 0 Å². The van der Waals surface area contributed by atoms with Gasteiger partial charge in [0.15, 0.2) is 5.96 Å². The molecule has 7 nitrogen and oxygen atoms in total. The Balaban J connectivity index is 1.47. The van der Waals surface area contributed by atoms with E-state index in [9.17, 15) is 0 Å². The Bertz CT molecular complexity index is 656. The van der Waals surface area contributed by atoms with Gasteiger partial charge in [-0.2, -0.15) is 0 Å². The molecule has 2 heterocycles. The van der Waals surface area contributed by atoms with E-state index in [0.717, 1.165) is 82.5 Å². The average molecular weight is 420 g/mol. The van der Waals surface area contributed by atoms with Crippen molar-refractivity contribution < 1.29 is 18.9 Å². The maximum Gasteiger partial charge on any atom is 0.191 e. The Kier molecular flexibility index (Phi) is 9.73. The van der Waals surface area contributed by atoms with Crippen molar-refractivity contribution in [3.05, 3.63) is 29.3 Å². The van der Waals surface area contributed by atoms with E-state index in [1.54, 1.807) is 0 Å². The number of nitrogens with one attached hydrogen (secondary N) is 2. The molecule has 0 aliphatic carbocycles. The van der Waals surface area contributed by atoms with Crippen LogP contribution in [0.1, 0.15) is 43.7 Å². The first-order valence-electron chi connectivity index (χ1n) is 11.3. The minimum Gasteiger partial charge on any atom is -0.488 e. The zero-order valence-electron chi connectivity index (χ0n) is 18.5. The molecule has 1 aromatic rings. The summed E-state index contributed by atoms with van der Waals surface area (Å²) >= 11 is 0. The summed E-state index contributed by atoms with van der Waals surface area (Å²) in [6.45, 7) is 10.2. The van der Waals surface area contributed by atoms with Gasteiger partial charge in [0.1, 0.15) is 11.9 Å². The van der Waals surface area contributed by atoms with Gasteiger partial charge in [0.2, 0.25) is 0 Å². The van der Waals surface area contributed by atoms with Crippen molar-refractivity contribution in [3.63, 3.8) is 0 Å². The quantitative estimate of drug-likeness (QED) is 0.345. The van der Waals surface area contributed by atoms with Crippen LogP contribution >= 0.6 is 0 Å². The van der Waals surface area contributed by atoms with Gasteiger partial charge in [0.05, 0.1) is 25.9 Å². The fraction of sp³-hybridized carbons (Fsp3) is 0.696. The third-order valence-electron chi connectivity index (χ3n) is 5.29. The predicted molar refractivity (Wildman–Crippen MR) is 118 cm³/mol. The highest BCUT2D eigenvalue weighted by Crippen LogP contribution is 2.24. The van der Waals surface area contributed by atoms with Crippen LogP contribution in [0.25, 0.3) is 0 Å². The monoisotopic (exact) mass is 419 g/mol. The number of rotatable bonds is 10. The fourth-order valence-corrected chi connectivity index (χ4v) is 3.57. The lowest BCUT2D eigenvalue weighted by Crippen LogP contribution is -2.38. The van der Waals surface area contributed by atoms with Gasteiger partial charge in [-0.05, 0) is 44.7 Å². The van der Waals surface area contributed by atoms with Crippen LogP contribution in [0.3, 0.4) is 0 Å². The molecule has 1 unspecified atom stereocenters. The molecular formula is C23H37N3O4. The van der Waals surface area contributed by atoms with E-state index in [1.165, 1.54) is 5.56 Å². The third-order valence-corrected chi connectivity index (χ3v) is 5.29. The van der Waals surface area contributed by atoms with Gasteiger partial charge in [-0.3, -0.25) is 0 Å². The highest BCUT2D eigenvalue weighted by Gasteiger charge is 2.19. The average Bonchev–Trinajstić information content (AvgIpc) is 3.26. The first-order valence-corrected chi connectivity index (χ1v) is 11.3. The van der Waals surface area contributed by atoms with E-state index in [4.69, 9.17) is 23.9 Å². The molecule has 2 fully saturated rings. The Hall–Kier alpha value is -1.83. The maximum absolute atomic E-state index is 6.19. The molecular weight excluding hydrogens is 382 g/mol. The normalized spacial score (nSPS) is 20.3. The summed E-state index contributed by atoms with van der Waals surface area (Å²) in [5, 5.41) is 6.72. The summed E-state index contributed by atoms with van der Waals surface area (Å²) in [6, 6.07) is 6.31. The number of guanidine groups is 1. The lowest BCUT2D eigenvalue weighted by molar-refractivity contribution is -0.0320. The number of nitrogens with zero attached hydrogens (tertiary/aromatic N) is 1. The summed E-state index contributed by atoms with van der Waals surface area (Å²) in [4.78, 5) is 4.76. The molecule has 2 aliphatic heterocycles. The molecule has 2 saturated heterocycles. The molecule has 0 amide bonds. The summed E-state index contributed by atoms with van der Waals surface area (Å²) in [5.41, 5.74) is 2.28. The molecule has 0 radical (unpaired) electrons. The van der Waals surface area contributed by atoms with E-state index in [2.05, 4.69) is 42.7 Å². The third kappa shape index (κ3) is 7.78. The fourth-order valence-electron chi connectivity index (χ4n) is 3.57. The lowest BCUT2D eigenvalue weighted by atomic mass is 10.1. The first-order chi connectivity index (χ1) is 14.7. The van der Waals surface area contributed by atoms with Crippen LogP contribution in [0.5, 0.6) is 5.75 Å². The second-order valence-corrected chi connectivity index (χ2v) is 7.87. The largest absolute Gasteiger partial charge is 0.488 e. The molecule has 1 aromatic carbocycles. The number of aryl methyl sites for hydroxylation is 1. The number of benzene rings is 1. The summed E-state index contributed by atoms with van der Waals surface area (Å²) in [6.07, 6.45) is 4.39. The second kappa shape index (κ2) is 12.8. The topological polar surface area (TPSA) is 73.3 Å². The molecule has 0 saturated carbocycles. The minimum absolute atomic E-state index is 0.136. The molecule has 2 aliphatic rings. The molecule has 2 N–H and O–H groups in total. The lowest BCUT2D eigenvalue weighted by Gasteiger charge is -2.22. The standard InChI is InChI=1S/C23H37N3O4/c1-3-24-23(25-10-4-11-29-20-7-12-27-13-8-20)26-16-19-6-5-18(2)15-22(19)30-21-9-14-28-17-21/h5-6,15,20-21H,3-4,7-14,16-17H2,1-2H3,(H2,24,25,26). The van der Waals surface area contributed by atoms with E-state index in [1.807, 2.05) is 0 Å². The van der Waals surface area contributed by atoms with Crippen molar-refractivity contribution in [3.8, 4) is 5.75 Å². The van der Waals surface area contributed by atoms with Gasteiger partial charge in [-0.1, -0.05) is 12.1 Å². The first kappa shape index (κ1) is 22.8. The highest BCUT2D eigenvalue weighted by atomic mass is 16.5. The number of ether oxygens (including phenoxy) is 4. The molecule has 7 heteroatoms.